The molecule has 10 nitrogen and oxygen atoms in total. The van der Waals surface area contributed by atoms with Gasteiger partial charge in [-0.1, -0.05) is 11.2 Å². The molecule has 0 radical (unpaired) electrons. The lowest BCUT2D eigenvalue weighted by Gasteiger charge is -2.21. The molecule has 11 heteroatoms. The molecule has 30 heavy (non-hydrogen) atoms. The maximum atomic E-state index is 12.4. The number of benzene rings is 1. The van der Waals surface area contributed by atoms with Gasteiger partial charge < -0.3 is 8.94 Å². The zero-order valence-corrected chi connectivity index (χ0v) is 16.6. The maximum absolute atomic E-state index is 12.4. The van der Waals surface area contributed by atoms with Crippen molar-refractivity contribution in [3.8, 4) is 10.8 Å². The summed E-state index contributed by atoms with van der Waals surface area (Å²) in [6.07, 6.45) is 2.49. The molecule has 0 bridgehead atoms. The van der Waals surface area contributed by atoms with Gasteiger partial charge in [-0.3, -0.25) is 19.5 Å². The summed E-state index contributed by atoms with van der Waals surface area (Å²) in [6, 6.07) is 4.41. The van der Waals surface area contributed by atoms with Gasteiger partial charge in [-0.05, 0) is 31.0 Å². The number of hydrogen-bond acceptors (Lipinski definition) is 9. The van der Waals surface area contributed by atoms with Crippen molar-refractivity contribution in [1.82, 2.24) is 25.0 Å². The SMILES string of the molecule is Cc1cnc(-c2noc(Cc3ccc4oc(=O)n(C5CCC(=O)NC5=O)c4c3)n2)s1. The third-order valence-electron chi connectivity index (χ3n) is 4.83. The van der Waals surface area contributed by atoms with Crippen molar-refractivity contribution in [1.29, 1.82) is 0 Å². The van der Waals surface area contributed by atoms with Crippen LogP contribution in [0.4, 0.5) is 0 Å². The monoisotopic (exact) mass is 425 g/mol. The smallest absolute Gasteiger partial charge is 0.408 e. The standard InChI is InChI=1S/C19H15N5O5S/c1-9-8-20-18(30-9)16-22-15(29-23-16)7-10-2-4-13-12(6-10)24(19(27)28-13)11-3-5-14(25)21-17(11)26/h2,4,6,8,11H,3,5,7H2,1H3,(H,21,25,26). The summed E-state index contributed by atoms with van der Waals surface area (Å²) >= 11 is 1.47. The van der Waals surface area contributed by atoms with Crippen LogP contribution in [0.2, 0.25) is 0 Å². The molecule has 5 rings (SSSR count). The minimum Gasteiger partial charge on any atom is -0.408 e. The number of thiazole rings is 1. The van der Waals surface area contributed by atoms with Crippen LogP contribution in [-0.4, -0.2) is 31.5 Å². The molecular formula is C19H15N5O5S. The molecule has 1 N–H and O–H groups in total. The van der Waals surface area contributed by atoms with E-state index in [1.807, 2.05) is 6.92 Å². The van der Waals surface area contributed by atoms with Gasteiger partial charge in [0.15, 0.2) is 10.6 Å². The summed E-state index contributed by atoms with van der Waals surface area (Å²) < 4.78 is 11.9. The fourth-order valence-electron chi connectivity index (χ4n) is 3.46. The van der Waals surface area contributed by atoms with Crippen molar-refractivity contribution in [2.75, 3.05) is 0 Å². The number of amides is 2. The number of hydrogen-bond donors (Lipinski definition) is 1. The first-order chi connectivity index (χ1) is 14.5. The number of fused-ring (bicyclic) bond motifs is 1. The van der Waals surface area contributed by atoms with Crippen molar-refractivity contribution in [2.24, 2.45) is 0 Å². The van der Waals surface area contributed by atoms with Crippen molar-refractivity contribution in [2.45, 2.75) is 32.2 Å². The molecule has 4 aromatic rings. The van der Waals surface area contributed by atoms with Gasteiger partial charge in [-0.15, -0.1) is 11.3 Å². The highest BCUT2D eigenvalue weighted by Crippen LogP contribution is 2.26. The zero-order valence-electron chi connectivity index (χ0n) is 15.7. The molecule has 3 aromatic heterocycles. The summed E-state index contributed by atoms with van der Waals surface area (Å²) in [5.41, 5.74) is 1.63. The molecule has 0 spiro atoms. The first-order valence-corrected chi connectivity index (χ1v) is 10.0. The minimum absolute atomic E-state index is 0.163. The number of imide groups is 1. The van der Waals surface area contributed by atoms with E-state index in [1.54, 1.807) is 24.4 Å². The second-order valence-corrected chi connectivity index (χ2v) is 8.21. The molecule has 1 atom stereocenters. The van der Waals surface area contributed by atoms with Crippen LogP contribution in [0.3, 0.4) is 0 Å². The summed E-state index contributed by atoms with van der Waals surface area (Å²) in [5.74, 6) is -0.679. The zero-order chi connectivity index (χ0) is 20.8. The fraction of sp³-hybridized carbons (Fsp3) is 0.263. The van der Waals surface area contributed by atoms with Gasteiger partial charge in [-0.25, -0.2) is 9.78 Å². The largest absolute Gasteiger partial charge is 0.420 e. The van der Waals surface area contributed by atoms with Gasteiger partial charge in [0.25, 0.3) is 0 Å². The first kappa shape index (κ1) is 18.4. The Morgan fingerprint density at radius 1 is 1.30 bits per heavy atom. The number of nitrogens with zero attached hydrogens (tertiary/aromatic N) is 4. The van der Waals surface area contributed by atoms with Gasteiger partial charge in [-0.2, -0.15) is 4.98 Å². The second kappa shape index (κ2) is 7.02. The molecule has 152 valence electrons. The van der Waals surface area contributed by atoms with E-state index >= 15 is 0 Å². The number of carbonyl (C=O) groups excluding carboxylic acids is 2. The number of rotatable bonds is 4. The Labute approximate surface area is 172 Å². The Kier molecular flexibility index (Phi) is 4.31. The van der Waals surface area contributed by atoms with Gasteiger partial charge >= 0.3 is 5.76 Å². The minimum atomic E-state index is -0.796. The molecule has 1 saturated heterocycles. The first-order valence-electron chi connectivity index (χ1n) is 9.21. The molecule has 1 fully saturated rings. The van der Waals surface area contributed by atoms with E-state index in [-0.39, 0.29) is 18.7 Å². The molecule has 0 aliphatic carbocycles. The number of piperidine rings is 1. The average Bonchev–Trinajstić information content (AvgIpc) is 3.41. The van der Waals surface area contributed by atoms with E-state index in [1.165, 1.54) is 15.9 Å². The van der Waals surface area contributed by atoms with Crippen molar-refractivity contribution in [3.63, 3.8) is 0 Å². The molecule has 1 aliphatic heterocycles. The van der Waals surface area contributed by atoms with E-state index in [4.69, 9.17) is 8.94 Å². The highest BCUT2D eigenvalue weighted by molar-refractivity contribution is 7.14. The van der Waals surface area contributed by atoms with Crippen LogP contribution in [0.1, 0.15) is 35.2 Å². The predicted molar refractivity (Wildman–Crippen MR) is 105 cm³/mol. The van der Waals surface area contributed by atoms with Crippen LogP contribution in [0.15, 0.2) is 38.1 Å². The normalized spacial score (nSPS) is 16.9. The average molecular weight is 425 g/mol. The van der Waals surface area contributed by atoms with Gasteiger partial charge in [0, 0.05) is 17.5 Å². The van der Waals surface area contributed by atoms with E-state index in [0.29, 0.717) is 34.2 Å². The summed E-state index contributed by atoms with van der Waals surface area (Å²) in [5, 5.41) is 6.92. The Bertz CT molecular complexity index is 1350. The fourth-order valence-corrected chi connectivity index (χ4v) is 4.15. The number of aryl methyl sites for hydroxylation is 1. The van der Waals surface area contributed by atoms with E-state index in [0.717, 1.165) is 10.4 Å². The molecule has 1 unspecified atom stereocenters. The summed E-state index contributed by atoms with van der Waals surface area (Å²) in [6.45, 7) is 1.95. The lowest BCUT2D eigenvalue weighted by atomic mass is 10.1. The van der Waals surface area contributed by atoms with Crippen LogP contribution in [0.5, 0.6) is 0 Å². The molecular weight excluding hydrogens is 410 g/mol. The van der Waals surface area contributed by atoms with Crippen LogP contribution in [0.25, 0.3) is 21.9 Å². The van der Waals surface area contributed by atoms with Crippen LogP contribution >= 0.6 is 11.3 Å². The molecule has 0 saturated carbocycles. The van der Waals surface area contributed by atoms with Crippen molar-refractivity contribution >= 4 is 34.3 Å². The lowest BCUT2D eigenvalue weighted by Crippen LogP contribution is -2.43. The molecule has 2 amide bonds. The number of oxazole rings is 1. The van der Waals surface area contributed by atoms with Crippen LogP contribution < -0.4 is 11.1 Å². The van der Waals surface area contributed by atoms with E-state index < -0.39 is 17.7 Å². The van der Waals surface area contributed by atoms with Crippen LogP contribution in [-0.2, 0) is 16.0 Å². The van der Waals surface area contributed by atoms with Crippen molar-refractivity contribution in [3.05, 3.63) is 51.3 Å². The summed E-state index contributed by atoms with van der Waals surface area (Å²) in [7, 11) is 0. The number of carbonyl (C=O) groups is 2. The maximum Gasteiger partial charge on any atom is 0.420 e. The van der Waals surface area contributed by atoms with Gasteiger partial charge in [0.2, 0.25) is 23.5 Å². The highest BCUT2D eigenvalue weighted by atomic mass is 32.1. The molecule has 1 aromatic carbocycles. The highest BCUT2D eigenvalue weighted by Gasteiger charge is 2.31. The van der Waals surface area contributed by atoms with Gasteiger partial charge in [0.05, 0.1) is 11.9 Å². The molecule has 1 aliphatic rings. The second-order valence-electron chi connectivity index (χ2n) is 6.97. The third kappa shape index (κ3) is 3.22. The summed E-state index contributed by atoms with van der Waals surface area (Å²) in [4.78, 5) is 45.7. The number of aromatic nitrogens is 4. The quantitative estimate of drug-likeness (QED) is 0.491. The van der Waals surface area contributed by atoms with Crippen molar-refractivity contribution < 1.29 is 18.5 Å². The lowest BCUT2D eigenvalue weighted by molar-refractivity contribution is -0.135. The van der Waals surface area contributed by atoms with E-state index in [9.17, 15) is 14.4 Å². The Hall–Kier alpha value is -3.60. The van der Waals surface area contributed by atoms with Crippen LogP contribution in [0, 0.1) is 6.92 Å². The Balaban J connectivity index is 1.46. The Morgan fingerprint density at radius 2 is 2.17 bits per heavy atom. The molecule has 4 heterocycles. The number of nitrogens with one attached hydrogen (secondary N) is 1. The predicted octanol–water partition coefficient (Wildman–Crippen LogP) is 1.98. The van der Waals surface area contributed by atoms with E-state index in [2.05, 4.69) is 20.4 Å². The topological polar surface area (TPSA) is 133 Å². The third-order valence-corrected chi connectivity index (χ3v) is 5.74. The Morgan fingerprint density at radius 3 is 2.93 bits per heavy atom. The van der Waals surface area contributed by atoms with Gasteiger partial charge in [0.1, 0.15) is 6.04 Å².